The lowest BCUT2D eigenvalue weighted by Gasteiger charge is -1.90. The van der Waals surface area contributed by atoms with E-state index in [-0.39, 0.29) is 0 Å². The molecule has 0 saturated carbocycles. The summed E-state index contributed by atoms with van der Waals surface area (Å²) in [4.78, 5) is 10.5. The molecule has 0 aliphatic rings. The van der Waals surface area contributed by atoms with Gasteiger partial charge < -0.3 is 4.42 Å². The summed E-state index contributed by atoms with van der Waals surface area (Å²) in [5.41, 5.74) is 2.52. The van der Waals surface area contributed by atoms with Gasteiger partial charge in [0.2, 0.25) is 0 Å². The standard InChI is InChI=1S/C10H8O2/c1-7-2-3-9-8(5-11)6-12-10(9)4-7/h2-6H,1H3. The van der Waals surface area contributed by atoms with Crippen molar-refractivity contribution in [3.63, 3.8) is 0 Å². The molecule has 2 rings (SSSR count). The third-order valence-corrected chi connectivity index (χ3v) is 1.89. The first-order chi connectivity index (χ1) is 5.81. The van der Waals surface area contributed by atoms with E-state index in [4.69, 9.17) is 4.42 Å². The van der Waals surface area contributed by atoms with Crippen LogP contribution in [0, 0.1) is 6.92 Å². The van der Waals surface area contributed by atoms with E-state index >= 15 is 0 Å². The lowest BCUT2D eigenvalue weighted by atomic mass is 10.1. The van der Waals surface area contributed by atoms with E-state index in [9.17, 15) is 4.79 Å². The number of carbonyl (C=O) groups excluding carboxylic acids is 1. The van der Waals surface area contributed by atoms with Crippen LogP contribution in [0.25, 0.3) is 11.0 Å². The monoisotopic (exact) mass is 160 g/mol. The minimum absolute atomic E-state index is 0.616. The Bertz CT molecular complexity index is 426. The van der Waals surface area contributed by atoms with Gasteiger partial charge in [0.05, 0.1) is 5.56 Å². The summed E-state index contributed by atoms with van der Waals surface area (Å²) >= 11 is 0. The van der Waals surface area contributed by atoms with E-state index in [1.807, 2.05) is 25.1 Å². The third kappa shape index (κ3) is 0.925. The van der Waals surface area contributed by atoms with Gasteiger partial charge in [0.15, 0.2) is 6.29 Å². The van der Waals surface area contributed by atoms with Gasteiger partial charge in [-0.1, -0.05) is 12.1 Å². The molecule has 0 aliphatic heterocycles. The molecule has 12 heavy (non-hydrogen) atoms. The summed E-state index contributed by atoms with van der Waals surface area (Å²) < 4.78 is 5.19. The van der Waals surface area contributed by atoms with Crippen LogP contribution in [0.1, 0.15) is 15.9 Å². The smallest absolute Gasteiger partial charge is 0.153 e. The fourth-order valence-electron chi connectivity index (χ4n) is 1.25. The lowest BCUT2D eigenvalue weighted by Crippen LogP contribution is -1.75. The molecule has 0 N–H and O–H groups in total. The minimum Gasteiger partial charge on any atom is -0.464 e. The van der Waals surface area contributed by atoms with Crippen LogP contribution in [0.5, 0.6) is 0 Å². The van der Waals surface area contributed by atoms with Crippen LogP contribution >= 0.6 is 0 Å². The molecule has 0 amide bonds. The van der Waals surface area contributed by atoms with Gasteiger partial charge in [0.25, 0.3) is 0 Å². The average Bonchev–Trinajstić information content (AvgIpc) is 2.46. The first-order valence-electron chi connectivity index (χ1n) is 3.74. The summed E-state index contributed by atoms with van der Waals surface area (Å²) in [6, 6.07) is 5.78. The Labute approximate surface area is 69.8 Å². The highest BCUT2D eigenvalue weighted by Gasteiger charge is 2.03. The number of carbonyl (C=O) groups is 1. The maximum Gasteiger partial charge on any atom is 0.153 e. The summed E-state index contributed by atoms with van der Waals surface area (Å²) in [6.45, 7) is 1.99. The van der Waals surface area contributed by atoms with Crippen LogP contribution in [0.3, 0.4) is 0 Å². The highest BCUT2D eigenvalue weighted by Crippen LogP contribution is 2.20. The molecule has 2 nitrogen and oxygen atoms in total. The van der Waals surface area contributed by atoms with Crippen molar-refractivity contribution >= 4 is 17.3 Å². The molecule has 0 atom stereocenters. The second-order valence-corrected chi connectivity index (χ2v) is 2.81. The first-order valence-corrected chi connectivity index (χ1v) is 3.74. The predicted molar refractivity (Wildman–Crippen MR) is 46.3 cm³/mol. The number of furan rings is 1. The van der Waals surface area contributed by atoms with E-state index in [0.29, 0.717) is 5.56 Å². The van der Waals surface area contributed by atoms with Gasteiger partial charge in [0, 0.05) is 5.39 Å². The predicted octanol–water partition coefficient (Wildman–Crippen LogP) is 2.55. The van der Waals surface area contributed by atoms with E-state index in [1.165, 1.54) is 6.26 Å². The number of aldehydes is 1. The van der Waals surface area contributed by atoms with Gasteiger partial charge in [-0.2, -0.15) is 0 Å². The Morgan fingerprint density at radius 2 is 2.25 bits per heavy atom. The van der Waals surface area contributed by atoms with Gasteiger partial charge in [-0.25, -0.2) is 0 Å². The van der Waals surface area contributed by atoms with Crippen molar-refractivity contribution < 1.29 is 9.21 Å². The molecule has 2 heteroatoms. The number of hydrogen-bond donors (Lipinski definition) is 0. The number of rotatable bonds is 1. The third-order valence-electron chi connectivity index (χ3n) is 1.89. The van der Waals surface area contributed by atoms with E-state index in [0.717, 1.165) is 22.8 Å². The van der Waals surface area contributed by atoms with Gasteiger partial charge in [-0.05, 0) is 18.6 Å². The molecular weight excluding hydrogens is 152 g/mol. The van der Waals surface area contributed by atoms with E-state index in [2.05, 4.69) is 0 Å². The topological polar surface area (TPSA) is 30.2 Å². The van der Waals surface area contributed by atoms with E-state index < -0.39 is 0 Å². The van der Waals surface area contributed by atoms with Crippen molar-refractivity contribution in [1.82, 2.24) is 0 Å². The molecular formula is C10H8O2. The minimum atomic E-state index is 0.616. The summed E-state index contributed by atoms with van der Waals surface area (Å²) in [5.74, 6) is 0. The van der Waals surface area contributed by atoms with Crippen LogP contribution < -0.4 is 0 Å². The molecule has 1 heterocycles. The maximum atomic E-state index is 10.5. The highest BCUT2D eigenvalue weighted by molar-refractivity contribution is 5.95. The van der Waals surface area contributed by atoms with E-state index in [1.54, 1.807) is 0 Å². The molecule has 1 aromatic carbocycles. The molecule has 2 aromatic rings. The number of hydrogen-bond acceptors (Lipinski definition) is 2. The number of aryl methyl sites for hydroxylation is 1. The molecule has 0 unspecified atom stereocenters. The fourth-order valence-corrected chi connectivity index (χ4v) is 1.25. The Morgan fingerprint density at radius 3 is 3.00 bits per heavy atom. The Hall–Kier alpha value is -1.57. The van der Waals surface area contributed by atoms with Crippen LogP contribution in [0.4, 0.5) is 0 Å². The van der Waals surface area contributed by atoms with Crippen molar-refractivity contribution in [1.29, 1.82) is 0 Å². The second kappa shape index (κ2) is 2.48. The number of fused-ring (bicyclic) bond motifs is 1. The second-order valence-electron chi connectivity index (χ2n) is 2.81. The molecule has 0 aliphatic carbocycles. The zero-order chi connectivity index (χ0) is 8.55. The molecule has 0 spiro atoms. The first kappa shape index (κ1) is 7.10. The van der Waals surface area contributed by atoms with Crippen molar-refractivity contribution in [3.8, 4) is 0 Å². The van der Waals surface area contributed by atoms with Crippen molar-refractivity contribution in [2.24, 2.45) is 0 Å². The van der Waals surface area contributed by atoms with Crippen LogP contribution in [-0.4, -0.2) is 6.29 Å². The van der Waals surface area contributed by atoms with Gasteiger partial charge >= 0.3 is 0 Å². The maximum absolute atomic E-state index is 10.5. The number of benzene rings is 1. The summed E-state index contributed by atoms with van der Waals surface area (Å²) in [5, 5.41) is 0.885. The van der Waals surface area contributed by atoms with Crippen molar-refractivity contribution in [2.45, 2.75) is 6.92 Å². The average molecular weight is 160 g/mol. The SMILES string of the molecule is Cc1ccc2c(C=O)coc2c1. The zero-order valence-corrected chi connectivity index (χ0v) is 6.70. The van der Waals surface area contributed by atoms with Gasteiger partial charge in [-0.3, -0.25) is 4.79 Å². The van der Waals surface area contributed by atoms with Crippen LogP contribution in [0.15, 0.2) is 28.9 Å². The van der Waals surface area contributed by atoms with Crippen molar-refractivity contribution in [3.05, 3.63) is 35.6 Å². The molecule has 0 radical (unpaired) electrons. The zero-order valence-electron chi connectivity index (χ0n) is 6.70. The quantitative estimate of drug-likeness (QED) is 0.600. The van der Waals surface area contributed by atoms with Gasteiger partial charge in [-0.15, -0.1) is 0 Å². The summed E-state index contributed by atoms with van der Waals surface area (Å²) in [6.07, 6.45) is 2.29. The Morgan fingerprint density at radius 1 is 1.42 bits per heavy atom. The largest absolute Gasteiger partial charge is 0.464 e. The van der Waals surface area contributed by atoms with Crippen LogP contribution in [0.2, 0.25) is 0 Å². The molecule has 0 saturated heterocycles. The molecule has 0 bridgehead atoms. The molecule has 0 fully saturated rings. The molecule has 60 valence electrons. The normalized spacial score (nSPS) is 10.4. The fraction of sp³-hybridized carbons (Fsp3) is 0.100. The van der Waals surface area contributed by atoms with Gasteiger partial charge in [0.1, 0.15) is 11.8 Å². The Balaban J connectivity index is 2.81. The lowest BCUT2D eigenvalue weighted by molar-refractivity contribution is 0.112. The Kier molecular flexibility index (Phi) is 1.47. The molecule has 1 aromatic heterocycles. The van der Waals surface area contributed by atoms with Crippen molar-refractivity contribution in [2.75, 3.05) is 0 Å². The summed E-state index contributed by atoms with van der Waals surface area (Å²) in [7, 11) is 0. The highest BCUT2D eigenvalue weighted by atomic mass is 16.3. The van der Waals surface area contributed by atoms with Crippen LogP contribution in [-0.2, 0) is 0 Å².